The first-order chi connectivity index (χ1) is 9.62. The molecule has 2 rings (SSSR count). The van der Waals surface area contributed by atoms with E-state index in [0.717, 1.165) is 24.4 Å². The lowest BCUT2D eigenvalue weighted by molar-refractivity contribution is 0.222. The van der Waals surface area contributed by atoms with Gasteiger partial charge < -0.3 is 4.57 Å². The number of rotatable bonds is 5. The van der Waals surface area contributed by atoms with E-state index in [0.29, 0.717) is 5.52 Å². The predicted molar refractivity (Wildman–Crippen MR) is 76.6 cm³/mol. The Morgan fingerprint density at radius 3 is 2.70 bits per heavy atom. The van der Waals surface area contributed by atoms with E-state index < -0.39 is 0 Å². The normalized spacial score (nSPS) is 12.8. The number of nitrogens with zero attached hydrogens (tertiary/aromatic N) is 4. The molecule has 0 saturated carbocycles. The Kier molecular flexibility index (Phi) is 4.35. The molecular formula is C15H19FN4. The number of imidazole rings is 1. The number of halogens is 1. The average molecular weight is 274 g/mol. The maximum Gasteiger partial charge on any atom is 0.127 e. The summed E-state index contributed by atoms with van der Waals surface area (Å²) < 4.78 is 15.2. The van der Waals surface area contributed by atoms with Crippen LogP contribution in [-0.2, 0) is 6.54 Å². The second-order valence-electron chi connectivity index (χ2n) is 4.74. The fourth-order valence-electron chi connectivity index (χ4n) is 2.61. The van der Waals surface area contributed by atoms with E-state index in [1.165, 1.54) is 12.1 Å². The second-order valence-corrected chi connectivity index (χ2v) is 4.74. The first-order valence-corrected chi connectivity index (χ1v) is 6.89. The Balaban J connectivity index is 2.56. The van der Waals surface area contributed by atoms with Crippen molar-refractivity contribution in [2.24, 2.45) is 0 Å². The molecule has 1 aromatic heterocycles. The molecule has 1 atom stereocenters. The first kappa shape index (κ1) is 14.5. The average Bonchev–Trinajstić information content (AvgIpc) is 2.78. The van der Waals surface area contributed by atoms with Crippen LogP contribution >= 0.6 is 0 Å². The third-order valence-electron chi connectivity index (χ3n) is 3.70. The summed E-state index contributed by atoms with van der Waals surface area (Å²) in [7, 11) is 0. The molecule has 0 bridgehead atoms. The molecule has 0 amide bonds. The zero-order chi connectivity index (χ0) is 14.7. The van der Waals surface area contributed by atoms with E-state index in [1.54, 1.807) is 6.07 Å². The van der Waals surface area contributed by atoms with Crippen molar-refractivity contribution in [2.45, 2.75) is 33.4 Å². The molecule has 5 heteroatoms. The van der Waals surface area contributed by atoms with Crippen LogP contribution in [0.3, 0.4) is 0 Å². The summed E-state index contributed by atoms with van der Waals surface area (Å²) in [5.41, 5.74) is 1.41. The highest BCUT2D eigenvalue weighted by Gasteiger charge is 2.20. The van der Waals surface area contributed by atoms with Gasteiger partial charge in [-0.3, -0.25) is 4.90 Å². The van der Waals surface area contributed by atoms with Gasteiger partial charge in [0.25, 0.3) is 0 Å². The van der Waals surface area contributed by atoms with Crippen molar-refractivity contribution < 1.29 is 4.39 Å². The molecule has 20 heavy (non-hydrogen) atoms. The van der Waals surface area contributed by atoms with Crippen molar-refractivity contribution in [3.05, 3.63) is 29.8 Å². The third-order valence-corrected chi connectivity index (χ3v) is 3.70. The largest absolute Gasteiger partial charge is 0.313 e. The van der Waals surface area contributed by atoms with Gasteiger partial charge in [-0.2, -0.15) is 5.26 Å². The number of hydrogen-bond donors (Lipinski definition) is 0. The van der Waals surface area contributed by atoms with Gasteiger partial charge in [0.2, 0.25) is 0 Å². The molecule has 1 unspecified atom stereocenters. The molecule has 2 aromatic rings. The molecule has 0 spiro atoms. The fourth-order valence-corrected chi connectivity index (χ4v) is 2.61. The maximum atomic E-state index is 13.3. The molecule has 4 nitrogen and oxygen atoms in total. The van der Waals surface area contributed by atoms with E-state index in [1.807, 2.05) is 4.57 Å². The van der Waals surface area contributed by atoms with Gasteiger partial charge in [0, 0.05) is 6.07 Å². The van der Waals surface area contributed by atoms with Gasteiger partial charge in [-0.05, 0) is 32.1 Å². The Labute approximate surface area is 118 Å². The van der Waals surface area contributed by atoms with E-state index in [2.05, 4.69) is 36.7 Å². The first-order valence-electron chi connectivity index (χ1n) is 6.89. The van der Waals surface area contributed by atoms with Crippen LogP contribution in [0.15, 0.2) is 18.2 Å². The minimum Gasteiger partial charge on any atom is -0.313 e. The molecule has 0 aliphatic carbocycles. The summed E-state index contributed by atoms with van der Waals surface area (Å²) in [5, 5.41) is 9.03. The van der Waals surface area contributed by atoms with Gasteiger partial charge in [0.05, 0.1) is 23.1 Å². The van der Waals surface area contributed by atoms with Crippen LogP contribution < -0.4 is 0 Å². The SMILES string of the molecule is CCN(CC)C(C)c1nc2cc(F)ccc2n1CC#N. The van der Waals surface area contributed by atoms with Crippen molar-refractivity contribution in [1.29, 1.82) is 5.26 Å². The highest BCUT2D eigenvalue weighted by molar-refractivity contribution is 5.76. The molecule has 0 radical (unpaired) electrons. The van der Waals surface area contributed by atoms with Gasteiger partial charge in [-0.15, -0.1) is 0 Å². The van der Waals surface area contributed by atoms with Crippen LogP contribution in [0.4, 0.5) is 4.39 Å². The van der Waals surface area contributed by atoms with Crippen LogP contribution in [0.2, 0.25) is 0 Å². The van der Waals surface area contributed by atoms with Crippen LogP contribution in [0.25, 0.3) is 11.0 Å². The molecule has 0 N–H and O–H groups in total. The van der Waals surface area contributed by atoms with Gasteiger partial charge >= 0.3 is 0 Å². The molecule has 1 heterocycles. The van der Waals surface area contributed by atoms with E-state index in [4.69, 9.17) is 5.26 Å². The Morgan fingerprint density at radius 1 is 1.40 bits per heavy atom. The highest BCUT2D eigenvalue weighted by Crippen LogP contribution is 2.25. The minimum atomic E-state index is -0.304. The molecule has 0 saturated heterocycles. The third kappa shape index (κ3) is 2.52. The Morgan fingerprint density at radius 2 is 2.10 bits per heavy atom. The van der Waals surface area contributed by atoms with Gasteiger partial charge in [-0.25, -0.2) is 9.37 Å². The molecule has 0 aliphatic heterocycles. The van der Waals surface area contributed by atoms with Gasteiger partial charge in [0.1, 0.15) is 18.2 Å². The quantitative estimate of drug-likeness (QED) is 0.841. The molecule has 0 aliphatic rings. The van der Waals surface area contributed by atoms with Crippen LogP contribution in [0.1, 0.15) is 32.6 Å². The minimum absolute atomic E-state index is 0.0915. The second kappa shape index (κ2) is 6.02. The maximum absolute atomic E-state index is 13.3. The summed E-state index contributed by atoms with van der Waals surface area (Å²) in [6.45, 7) is 8.29. The monoisotopic (exact) mass is 274 g/mol. The zero-order valence-electron chi connectivity index (χ0n) is 12.1. The Hall–Kier alpha value is -1.93. The van der Waals surface area contributed by atoms with Crippen molar-refractivity contribution in [3.8, 4) is 6.07 Å². The number of fused-ring (bicyclic) bond motifs is 1. The lowest BCUT2D eigenvalue weighted by atomic mass is 10.2. The summed E-state index contributed by atoms with van der Waals surface area (Å²) in [6, 6.07) is 6.76. The van der Waals surface area contributed by atoms with Crippen molar-refractivity contribution >= 4 is 11.0 Å². The van der Waals surface area contributed by atoms with Crippen molar-refractivity contribution in [3.63, 3.8) is 0 Å². The van der Waals surface area contributed by atoms with E-state index in [-0.39, 0.29) is 18.4 Å². The number of aromatic nitrogens is 2. The number of benzene rings is 1. The van der Waals surface area contributed by atoms with Crippen LogP contribution in [-0.4, -0.2) is 27.5 Å². The summed E-state index contributed by atoms with van der Waals surface area (Å²) >= 11 is 0. The summed E-state index contributed by atoms with van der Waals surface area (Å²) in [6.07, 6.45) is 0. The molecule has 0 fully saturated rings. The van der Waals surface area contributed by atoms with Crippen LogP contribution in [0, 0.1) is 17.1 Å². The highest BCUT2D eigenvalue weighted by atomic mass is 19.1. The van der Waals surface area contributed by atoms with Gasteiger partial charge in [-0.1, -0.05) is 13.8 Å². The smallest absolute Gasteiger partial charge is 0.127 e. The zero-order valence-corrected chi connectivity index (χ0v) is 12.1. The van der Waals surface area contributed by atoms with E-state index >= 15 is 0 Å². The molecular weight excluding hydrogens is 255 g/mol. The lowest BCUT2D eigenvalue weighted by Crippen LogP contribution is -2.28. The molecule has 106 valence electrons. The Bertz CT molecular complexity index is 637. The summed E-state index contributed by atoms with van der Waals surface area (Å²) in [5.74, 6) is 0.511. The van der Waals surface area contributed by atoms with Gasteiger partial charge in [0.15, 0.2) is 0 Å². The fraction of sp³-hybridized carbons (Fsp3) is 0.467. The predicted octanol–water partition coefficient (Wildman–Crippen LogP) is 3.10. The standard InChI is InChI=1S/C15H19FN4/c1-4-19(5-2)11(3)15-18-13-10-12(16)6-7-14(13)20(15)9-8-17/h6-7,10-11H,4-5,9H2,1-3H3. The van der Waals surface area contributed by atoms with Crippen molar-refractivity contribution in [2.75, 3.05) is 13.1 Å². The van der Waals surface area contributed by atoms with Crippen LogP contribution in [0.5, 0.6) is 0 Å². The summed E-state index contributed by atoms with van der Waals surface area (Å²) in [4.78, 5) is 6.79. The van der Waals surface area contributed by atoms with E-state index in [9.17, 15) is 4.39 Å². The van der Waals surface area contributed by atoms with Crippen molar-refractivity contribution in [1.82, 2.24) is 14.5 Å². The molecule has 1 aromatic carbocycles. The number of hydrogen-bond acceptors (Lipinski definition) is 3. The lowest BCUT2D eigenvalue weighted by Gasteiger charge is -2.26. The number of nitriles is 1. The topological polar surface area (TPSA) is 44.9 Å².